The number of carbonyl (C=O) groups is 2. The molecule has 0 atom stereocenters. The molecule has 0 spiro atoms. The van der Waals surface area contributed by atoms with Gasteiger partial charge in [0.25, 0.3) is 0 Å². The summed E-state index contributed by atoms with van der Waals surface area (Å²) in [5.41, 5.74) is 4.57. The number of nitriles is 1. The molecule has 0 N–H and O–H groups in total. The predicted molar refractivity (Wildman–Crippen MR) is 135 cm³/mol. The first-order valence-corrected chi connectivity index (χ1v) is 12.7. The Labute approximate surface area is 209 Å². The Morgan fingerprint density at radius 3 is 2.63 bits per heavy atom. The molecule has 180 valence electrons. The number of pyridine rings is 1. The molecule has 1 aromatic carbocycles. The average Bonchev–Trinajstić information content (AvgIpc) is 3.09. The number of rotatable bonds is 6. The van der Waals surface area contributed by atoms with E-state index in [1.807, 2.05) is 27.7 Å². The monoisotopic (exact) mass is 489 g/mol. The van der Waals surface area contributed by atoms with E-state index in [2.05, 4.69) is 6.07 Å². The van der Waals surface area contributed by atoms with Crippen molar-refractivity contribution in [3.63, 3.8) is 0 Å². The number of aryl methyl sites for hydroxylation is 1. The minimum absolute atomic E-state index is 0.0327. The van der Waals surface area contributed by atoms with Crippen LogP contribution in [0, 0.1) is 36.4 Å². The number of Topliss-reactive ketones (excluding diaryl/α,β-unsaturated/α-hetero) is 2. The highest BCUT2D eigenvalue weighted by Gasteiger charge is 2.35. The highest BCUT2D eigenvalue weighted by molar-refractivity contribution is 8.00. The Bertz CT molecular complexity index is 1400. The largest absolute Gasteiger partial charge is 0.315 e. The Balaban J connectivity index is 1.67. The minimum Gasteiger partial charge on any atom is -0.315 e. The summed E-state index contributed by atoms with van der Waals surface area (Å²) in [6.45, 7) is 9.66. The molecule has 0 amide bonds. The van der Waals surface area contributed by atoms with Gasteiger partial charge in [0.2, 0.25) is 0 Å². The van der Waals surface area contributed by atoms with Gasteiger partial charge in [-0.3, -0.25) is 9.59 Å². The first-order valence-electron chi connectivity index (χ1n) is 11.7. The molecule has 0 unspecified atom stereocenters. The Morgan fingerprint density at radius 2 is 1.97 bits per heavy atom. The van der Waals surface area contributed by atoms with Crippen LogP contribution < -0.4 is 0 Å². The zero-order valence-corrected chi connectivity index (χ0v) is 21.5. The fraction of sp³-hybridized carbons (Fsp3) is 0.357. The van der Waals surface area contributed by atoms with Gasteiger partial charge < -0.3 is 4.57 Å². The van der Waals surface area contributed by atoms with Gasteiger partial charge in [0, 0.05) is 28.9 Å². The number of carbonyl (C=O) groups excluding carboxylic acids is 2. The SMILES string of the molecule is CCc1c(C#N)c(SCC(=O)c2cc(C)n(-c3ccccc3F)c2C)nc2c1C(=O)CC(C)(C)C2. The fourth-order valence-corrected chi connectivity index (χ4v) is 5.90. The molecule has 0 radical (unpaired) electrons. The second kappa shape index (κ2) is 9.43. The van der Waals surface area contributed by atoms with Crippen molar-refractivity contribution in [2.24, 2.45) is 5.41 Å². The lowest BCUT2D eigenvalue weighted by Crippen LogP contribution is -2.29. The highest BCUT2D eigenvalue weighted by atomic mass is 32.2. The fourth-order valence-electron chi connectivity index (χ4n) is 4.99. The van der Waals surface area contributed by atoms with Crippen molar-refractivity contribution < 1.29 is 14.0 Å². The third kappa shape index (κ3) is 4.55. The summed E-state index contributed by atoms with van der Waals surface area (Å²) in [6.07, 6.45) is 1.63. The summed E-state index contributed by atoms with van der Waals surface area (Å²) >= 11 is 1.22. The summed E-state index contributed by atoms with van der Waals surface area (Å²) in [5.74, 6) is -0.360. The van der Waals surface area contributed by atoms with Crippen molar-refractivity contribution in [2.75, 3.05) is 5.75 Å². The van der Waals surface area contributed by atoms with Gasteiger partial charge in [-0.1, -0.05) is 44.7 Å². The molecule has 1 aliphatic carbocycles. The van der Waals surface area contributed by atoms with Crippen LogP contribution in [0.1, 0.15) is 76.1 Å². The van der Waals surface area contributed by atoms with E-state index < -0.39 is 0 Å². The van der Waals surface area contributed by atoms with Crippen LogP contribution in [0.3, 0.4) is 0 Å². The van der Waals surface area contributed by atoms with Crippen LogP contribution in [0.5, 0.6) is 0 Å². The number of ketones is 2. The molecule has 35 heavy (non-hydrogen) atoms. The standard InChI is InChI=1S/C28H28FN3O2S/c1-6-18-20(14-30)27(31-22-12-28(4,5)13-24(33)26(18)22)35-15-25(34)19-11-16(2)32(17(19)3)23-10-8-7-9-21(23)29/h7-11H,6,12-13,15H2,1-5H3. The number of thioether (sulfide) groups is 1. The van der Waals surface area contributed by atoms with Crippen LogP contribution in [-0.4, -0.2) is 26.9 Å². The molecule has 2 aromatic heterocycles. The molecule has 4 rings (SSSR count). The van der Waals surface area contributed by atoms with E-state index in [1.165, 1.54) is 17.8 Å². The van der Waals surface area contributed by atoms with Gasteiger partial charge in [-0.05, 0) is 55.9 Å². The molecule has 0 fully saturated rings. The predicted octanol–water partition coefficient (Wildman–Crippen LogP) is 6.19. The molecular formula is C28H28FN3O2S. The molecule has 0 saturated carbocycles. The zero-order chi connectivity index (χ0) is 25.5. The molecule has 5 nitrogen and oxygen atoms in total. The quantitative estimate of drug-likeness (QED) is 0.305. The number of hydrogen-bond donors (Lipinski definition) is 0. The summed E-state index contributed by atoms with van der Waals surface area (Å²) < 4.78 is 16.2. The number of fused-ring (bicyclic) bond motifs is 1. The van der Waals surface area contributed by atoms with Crippen molar-refractivity contribution in [1.82, 2.24) is 9.55 Å². The lowest BCUT2D eigenvalue weighted by Gasteiger charge is -2.31. The smallest absolute Gasteiger partial charge is 0.174 e. The van der Waals surface area contributed by atoms with E-state index in [4.69, 9.17) is 4.98 Å². The maximum atomic E-state index is 14.4. The lowest BCUT2D eigenvalue weighted by atomic mass is 9.74. The van der Waals surface area contributed by atoms with E-state index >= 15 is 0 Å². The summed E-state index contributed by atoms with van der Waals surface area (Å²) in [7, 11) is 0. The molecule has 0 bridgehead atoms. The number of benzene rings is 1. The first kappa shape index (κ1) is 24.9. The summed E-state index contributed by atoms with van der Waals surface area (Å²) in [6, 6.07) is 10.5. The maximum absolute atomic E-state index is 14.4. The number of nitrogens with zero attached hydrogens (tertiary/aromatic N) is 3. The van der Waals surface area contributed by atoms with Crippen molar-refractivity contribution in [1.29, 1.82) is 5.26 Å². The Kier molecular flexibility index (Phi) is 6.70. The summed E-state index contributed by atoms with van der Waals surface area (Å²) in [4.78, 5) is 30.8. The topological polar surface area (TPSA) is 75.8 Å². The van der Waals surface area contributed by atoms with Crippen molar-refractivity contribution in [2.45, 2.75) is 58.9 Å². The van der Waals surface area contributed by atoms with E-state index in [9.17, 15) is 19.2 Å². The number of para-hydroxylation sites is 1. The molecule has 2 heterocycles. The third-order valence-corrected chi connectivity index (χ3v) is 7.51. The average molecular weight is 490 g/mol. The van der Waals surface area contributed by atoms with Gasteiger partial charge in [0.05, 0.1) is 22.7 Å². The summed E-state index contributed by atoms with van der Waals surface area (Å²) in [5, 5.41) is 10.4. The molecule has 1 aliphatic rings. The Hall–Kier alpha value is -3.24. The van der Waals surface area contributed by atoms with Crippen molar-refractivity contribution in [3.8, 4) is 11.8 Å². The van der Waals surface area contributed by atoms with Gasteiger partial charge in [-0.25, -0.2) is 9.37 Å². The normalized spacial score (nSPS) is 14.5. The van der Waals surface area contributed by atoms with Gasteiger partial charge in [-0.15, -0.1) is 0 Å². The van der Waals surface area contributed by atoms with Gasteiger partial charge in [0.1, 0.15) is 16.9 Å². The Morgan fingerprint density at radius 1 is 1.26 bits per heavy atom. The van der Waals surface area contributed by atoms with Crippen molar-refractivity contribution >= 4 is 23.3 Å². The number of hydrogen-bond acceptors (Lipinski definition) is 5. The van der Waals surface area contributed by atoms with Crippen LogP contribution in [0.15, 0.2) is 35.4 Å². The van der Waals surface area contributed by atoms with E-state index in [0.717, 1.165) is 17.0 Å². The molecule has 7 heteroatoms. The van der Waals surface area contributed by atoms with Crippen LogP contribution in [0.25, 0.3) is 5.69 Å². The van der Waals surface area contributed by atoms with Crippen LogP contribution in [0.4, 0.5) is 4.39 Å². The molecule has 3 aromatic rings. The molecule has 0 aliphatic heterocycles. The van der Waals surface area contributed by atoms with Gasteiger partial charge in [0.15, 0.2) is 11.6 Å². The van der Waals surface area contributed by atoms with Crippen LogP contribution in [-0.2, 0) is 12.8 Å². The van der Waals surface area contributed by atoms with Crippen molar-refractivity contribution in [3.05, 3.63) is 75.5 Å². The maximum Gasteiger partial charge on any atom is 0.174 e. The lowest BCUT2D eigenvalue weighted by molar-refractivity contribution is 0.0907. The third-order valence-electron chi connectivity index (χ3n) is 6.54. The van der Waals surface area contributed by atoms with E-state index in [0.29, 0.717) is 52.4 Å². The second-order valence-electron chi connectivity index (χ2n) is 9.78. The minimum atomic E-state index is -0.357. The highest BCUT2D eigenvalue weighted by Crippen LogP contribution is 2.38. The molecule has 0 saturated heterocycles. The van der Waals surface area contributed by atoms with E-state index in [1.54, 1.807) is 35.8 Å². The van der Waals surface area contributed by atoms with Crippen LogP contribution in [0.2, 0.25) is 0 Å². The van der Waals surface area contributed by atoms with Gasteiger partial charge in [-0.2, -0.15) is 5.26 Å². The number of halogens is 1. The second-order valence-corrected chi connectivity index (χ2v) is 10.7. The number of aromatic nitrogens is 2. The van der Waals surface area contributed by atoms with Crippen LogP contribution >= 0.6 is 11.8 Å². The van der Waals surface area contributed by atoms with E-state index in [-0.39, 0.29) is 28.6 Å². The van der Waals surface area contributed by atoms with Gasteiger partial charge >= 0.3 is 0 Å². The molecular weight excluding hydrogens is 461 g/mol. The first-order chi connectivity index (χ1) is 16.6. The zero-order valence-electron chi connectivity index (χ0n) is 20.7.